The molecule has 0 spiro atoms. The van der Waals surface area contributed by atoms with E-state index in [9.17, 15) is 14.5 Å². The van der Waals surface area contributed by atoms with Crippen LogP contribution in [-0.2, 0) is 0 Å². The molecule has 1 aromatic carbocycles. The molecule has 4 nitrogen and oxygen atoms in total. The molecule has 5 heteroatoms. The van der Waals surface area contributed by atoms with Crippen LogP contribution < -0.4 is 4.74 Å². The largest absolute Gasteiger partial charge is 0.491 e. The molecule has 1 rings (SSSR count). The third-order valence-electron chi connectivity index (χ3n) is 2.31. The van der Waals surface area contributed by atoms with E-state index < -0.39 is 11.1 Å². The van der Waals surface area contributed by atoms with Crippen molar-refractivity contribution in [1.29, 1.82) is 0 Å². The van der Waals surface area contributed by atoms with E-state index in [2.05, 4.69) is 0 Å². The van der Waals surface area contributed by atoms with Crippen molar-refractivity contribution < 1.29 is 14.1 Å². The monoisotopic (exact) mass is 255 g/mol. The predicted octanol–water partition coefficient (Wildman–Crippen LogP) is 3.75. The second kappa shape index (κ2) is 5.80. The number of nitrogens with zero attached hydrogens (tertiary/aromatic N) is 1. The quantitative estimate of drug-likeness (QED) is 0.594. The van der Waals surface area contributed by atoms with Gasteiger partial charge in [0, 0.05) is 12.1 Å². The summed E-state index contributed by atoms with van der Waals surface area (Å²) in [5, 5.41) is 10.4. The molecule has 0 bridgehead atoms. The van der Waals surface area contributed by atoms with Crippen LogP contribution in [0.3, 0.4) is 0 Å². The zero-order valence-corrected chi connectivity index (χ0v) is 10.9. The first-order valence-corrected chi connectivity index (χ1v) is 5.79. The standard InChI is InChI=1S/C13H18FNO3/c1-13(2,3)8-10(14)9-18-12-6-4-11(5-7-12)15(16)17/h4-7,10H,8-9H2,1-3H3/t10-/m0/s1. The summed E-state index contributed by atoms with van der Waals surface area (Å²) in [5.74, 6) is 0.442. The van der Waals surface area contributed by atoms with Crippen molar-refractivity contribution >= 4 is 5.69 Å². The molecular weight excluding hydrogens is 237 g/mol. The van der Waals surface area contributed by atoms with Gasteiger partial charge in [-0.15, -0.1) is 0 Å². The Hall–Kier alpha value is -1.65. The summed E-state index contributed by atoms with van der Waals surface area (Å²) in [7, 11) is 0. The van der Waals surface area contributed by atoms with Gasteiger partial charge in [-0.2, -0.15) is 0 Å². The second-order valence-corrected chi connectivity index (χ2v) is 5.42. The molecule has 0 aliphatic rings. The Bertz CT molecular complexity index is 398. The molecule has 1 aromatic rings. The Kier molecular flexibility index (Phi) is 4.64. The van der Waals surface area contributed by atoms with E-state index >= 15 is 0 Å². The third-order valence-corrected chi connectivity index (χ3v) is 2.31. The average molecular weight is 255 g/mol. The average Bonchev–Trinajstić information content (AvgIpc) is 2.24. The van der Waals surface area contributed by atoms with Crippen molar-refractivity contribution in [2.24, 2.45) is 5.41 Å². The molecule has 0 fully saturated rings. The van der Waals surface area contributed by atoms with Crippen LogP contribution in [0.1, 0.15) is 27.2 Å². The predicted molar refractivity (Wildman–Crippen MR) is 67.6 cm³/mol. The maximum Gasteiger partial charge on any atom is 0.269 e. The lowest BCUT2D eigenvalue weighted by Crippen LogP contribution is -2.20. The Morgan fingerprint density at radius 1 is 1.33 bits per heavy atom. The van der Waals surface area contributed by atoms with Crippen molar-refractivity contribution in [2.45, 2.75) is 33.4 Å². The normalized spacial score (nSPS) is 13.1. The van der Waals surface area contributed by atoms with Crippen LogP contribution in [0.25, 0.3) is 0 Å². The maximum absolute atomic E-state index is 13.6. The highest BCUT2D eigenvalue weighted by Gasteiger charge is 2.18. The molecule has 1 atom stereocenters. The summed E-state index contributed by atoms with van der Waals surface area (Å²) in [6, 6.07) is 5.63. The number of hydrogen-bond donors (Lipinski definition) is 0. The number of ether oxygens (including phenoxy) is 1. The van der Waals surface area contributed by atoms with Gasteiger partial charge in [0.15, 0.2) is 0 Å². The summed E-state index contributed by atoms with van der Waals surface area (Å²) >= 11 is 0. The lowest BCUT2D eigenvalue weighted by Gasteiger charge is -2.20. The number of halogens is 1. The van der Waals surface area contributed by atoms with Crippen LogP contribution in [0, 0.1) is 15.5 Å². The first-order valence-electron chi connectivity index (χ1n) is 5.79. The first-order chi connectivity index (χ1) is 8.28. The summed E-state index contributed by atoms with van der Waals surface area (Å²) < 4.78 is 18.8. The van der Waals surface area contributed by atoms with E-state index in [-0.39, 0.29) is 17.7 Å². The number of nitro groups is 1. The topological polar surface area (TPSA) is 52.4 Å². The third kappa shape index (κ3) is 5.12. The van der Waals surface area contributed by atoms with E-state index in [1.807, 2.05) is 20.8 Å². The number of rotatable bonds is 5. The first kappa shape index (κ1) is 14.4. The minimum atomic E-state index is -1.04. The van der Waals surface area contributed by atoms with Crippen molar-refractivity contribution in [1.82, 2.24) is 0 Å². The van der Waals surface area contributed by atoms with Crippen LogP contribution in [0.4, 0.5) is 10.1 Å². The van der Waals surface area contributed by atoms with Gasteiger partial charge in [0.25, 0.3) is 5.69 Å². The van der Waals surface area contributed by atoms with Gasteiger partial charge in [-0.1, -0.05) is 20.8 Å². The van der Waals surface area contributed by atoms with Gasteiger partial charge < -0.3 is 4.74 Å². The maximum atomic E-state index is 13.6. The second-order valence-electron chi connectivity index (χ2n) is 5.42. The SMILES string of the molecule is CC(C)(C)C[C@H](F)COc1ccc([N+](=O)[O-])cc1. The summed E-state index contributed by atoms with van der Waals surface area (Å²) in [6.07, 6.45) is -0.625. The van der Waals surface area contributed by atoms with Gasteiger partial charge in [0.2, 0.25) is 0 Å². The van der Waals surface area contributed by atoms with Crippen molar-refractivity contribution in [3.05, 3.63) is 34.4 Å². The zero-order chi connectivity index (χ0) is 13.8. The number of alkyl halides is 1. The number of hydrogen-bond acceptors (Lipinski definition) is 3. The molecule has 0 heterocycles. The van der Waals surface area contributed by atoms with Crippen LogP contribution in [0.15, 0.2) is 24.3 Å². The Morgan fingerprint density at radius 2 is 1.89 bits per heavy atom. The molecule has 18 heavy (non-hydrogen) atoms. The van der Waals surface area contributed by atoms with Gasteiger partial charge in [-0.25, -0.2) is 4.39 Å². The van der Waals surface area contributed by atoms with E-state index in [1.165, 1.54) is 24.3 Å². The van der Waals surface area contributed by atoms with Gasteiger partial charge in [0.1, 0.15) is 18.5 Å². The van der Waals surface area contributed by atoms with Gasteiger partial charge in [0.05, 0.1) is 4.92 Å². The molecule has 0 aromatic heterocycles. The summed E-state index contributed by atoms with van der Waals surface area (Å²) in [5.41, 5.74) is -0.0908. The summed E-state index contributed by atoms with van der Waals surface area (Å²) in [6.45, 7) is 5.86. The Morgan fingerprint density at radius 3 is 2.33 bits per heavy atom. The number of non-ortho nitro benzene ring substituents is 1. The molecule has 0 saturated carbocycles. The summed E-state index contributed by atoms with van der Waals surface area (Å²) in [4.78, 5) is 9.95. The Labute approximate surface area is 106 Å². The molecule has 100 valence electrons. The van der Waals surface area contributed by atoms with Crippen LogP contribution in [-0.4, -0.2) is 17.7 Å². The van der Waals surface area contributed by atoms with E-state index in [0.717, 1.165) is 0 Å². The molecule has 0 aliphatic heterocycles. The fourth-order valence-electron chi connectivity index (χ4n) is 1.57. The molecular formula is C13H18FNO3. The van der Waals surface area contributed by atoms with Crippen molar-refractivity contribution in [3.8, 4) is 5.75 Å². The zero-order valence-electron chi connectivity index (χ0n) is 10.9. The molecule has 0 aliphatic carbocycles. The van der Waals surface area contributed by atoms with Crippen molar-refractivity contribution in [2.75, 3.05) is 6.61 Å². The highest BCUT2D eigenvalue weighted by Crippen LogP contribution is 2.23. The molecule has 0 radical (unpaired) electrons. The minimum Gasteiger partial charge on any atom is -0.491 e. The fraction of sp³-hybridized carbons (Fsp3) is 0.538. The highest BCUT2D eigenvalue weighted by atomic mass is 19.1. The van der Waals surface area contributed by atoms with Crippen LogP contribution in [0.2, 0.25) is 0 Å². The fourth-order valence-corrected chi connectivity index (χ4v) is 1.57. The van der Waals surface area contributed by atoms with Gasteiger partial charge >= 0.3 is 0 Å². The van der Waals surface area contributed by atoms with E-state index in [1.54, 1.807) is 0 Å². The molecule has 0 saturated heterocycles. The Balaban J connectivity index is 2.46. The van der Waals surface area contributed by atoms with Crippen molar-refractivity contribution in [3.63, 3.8) is 0 Å². The highest BCUT2D eigenvalue weighted by molar-refractivity contribution is 5.35. The molecule has 0 unspecified atom stereocenters. The van der Waals surface area contributed by atoms with Gasteiger partial charge in [-0.05, 0) is 24.0 Å². The minimum absolute atomic E-state index is 0.00570. The van der Waals surface area contributed by atoms with E-state index in [0.29, 0.717) is 12.2 Å². The molecule has 0 N–H and O–H groups in total. The van der Waals surface area contributed by atoms with E-state index in [4.69, 9.17) is 4.74 Å². The molecule has 0 amide bonds. The number of nitro benzene ring substituents is 1. The van der Waals surface area contributed by atoms with Crippen LogP contribution >= 0.6 is 0 Å². The van der Waals surface area contributed by atoms with Gasteiger partial charge in [-0.3, -0.25) is 10.1 Å². The smallest absolute Gasteiger partial charge is 0.269 e. The van der Waals surface area contributed by atoms with Crippen LogP contribution in [0.5, 0.6) is 5.75 Å². The lowest BCUT2D eigenvalue weighted by molar-refractivity contribution is -0.384. The lowest BCUT2D eigenvalue weighted by atomic mass is 9.90. The number of benzene rings is 1.